The molecule has 39 heavy (non-hydrogen) atoms. The van der Waals surface area contributed by atoms with Gasteiger partial charge in [-0.2, -0.15) is 13.2 Å². The number of aliphatic hydroxyl groups excluding tert-OH is 1. The third-order valence-corrected chi connectivity index (χ3v) is 6.16. The molecule has 3 heterocycles. The van der Waals surface area contributed by atoms with Crippen molar-refractivity contribution in [2.75, 3.05) is 0 Å². The summed E-state index contributed by atoms with van der Waals surface area (Å²) in [6.45, 7) is -1.42. The Morgan fingerprint density at radius 2 is 1.92 bits per heavy atom. The van der Waals surface area contributed by atoms with Crippen molar-refractivity contribution in [1.29, 1.82) is 0 Å². The topological polar surface area (TPSA) is 133 Å². The van der Waals surface area contributed by atoms with Crippen LogP contribution in [-0.4, -0.2) is 69.6 Å². The second kappa shape index (κ2) is 10.2. The van der Waals surface area contributed by atoms with Crippen LogP contribution in [0.15, 0.2) is 53.8 Å². The van der Waals surface area contributed by atoms with Crippen LogP contribution < -0.4 is 11.0 Å². The van der Waals surface area contributed by atoms with E-state index in [0.29, 0.717) is 15.2 Å². The summed E-state index contributed by atoms with van der Waals surface area (Å²) in [5.74, 6) is -0.612. The molecule has 0 radical (unpaired) electrons. The zero-order chi connectivity index (χ0) is 27.9. The largest absolute Gasteiger partial charge is 0.416 e. The van der Waals surface area contributed by atoms with E-state index in [1.807, 2.05) is 0 Å². The highest BCUT2D eigenvalue weighted by molar-refractivity contribution is 6.30. The molecule has 1 aliphatic rings. The highest BCUT2D eigenvalue weighted by Gasteiger charge is 2.40. The predicted molar refractivity (Wildman–Crippen MR) is 128 cm³/mol. The highest BCUT2D eigenvalue weighted by Crippen LogP contribution is 2.26. The summed E-state index contributed by atoms with van der Waals surface area (Å²) in [4.78, 5) is 33.8. The number of nitrogens with zero attached hydrogens (tertiary/aromatic N) is 7. The molecule has 3 atom stereocenters. The number of aliphatic hydroxyl groups is 1. The monoisotopic (exact) mass is 566 g/mol. The number of hydrogen-bond donors (Lipinski definition) is 2. The molecule has 0 aliphatic heterocycles. The third-order valence-electron chi connectivity index (χ3n) is 5.91. The van der Waals surface area contributed by atoms with Gasteiger partial charge >= 0.3 is 11.9 Å². The maximum Gasteiger partial charge on any atom is 0.416 e. The average Bonchev–Trinajstić information content (AvgIpc) is 3.26. The lowest BCUT2D eigenvalue weighted by atomic mass is 10.2. The van der Waals surface area contributed by atoms with Crippen molar-refractivity contribution in [2.24, 2.45) is 0 Å². The number of alkyl halides is 4. The molecule has 16 heteroatoms. The lowest BCUT2D eigenvalue weighted by molar-refractivity contribution is -0.207. The van der Waals surface area contributed by atoms with Gasteiger partial charge in [0.25, 0.3) is 5.91 Å². The van der Waals surface area contributed by atoms with Crippen LogP contribution in [0.4, 0.5) is 17.6 Å². The number of carbonyl (C=O) groups is 1. The van der Waals surface area contributed by atoms with Crippen molar-refractivity contribution in [1.82, 2.24) is 39.4 Å². The van der Waals surface area contributed by atoms with Crippen LogP contribution in [0.2, 0.25) is 5.02 Å². The van der Waals surface area contributed by atoms with Crippen molar-refractivity contribution in [2.45, 2.75) is 44.0 Å². The average molecular weight is 567 g/mol. The van der Waals surface area contributed by atoms with E-state index in [9.17, 15) is 32.3 Å². The minimum absolute atomic E-state index is 0.0435. The lowest BCUT2D eigenvalue weighted by Gasteiger charge is -2.15. The highest BCUT2D eigenvalue weighted by atomic mass is 35.5. The summed E-state index contributed by atoms with van der Waals surface area (Å²) in [5.41, 5.74) is -0.252. The molecule has 0 spiro atoms. The maximum atomic E-state index is 13.2. The summed E-state index contributed by atoms with van der Waals surface area (Å²) < 4.78 is 55.2. The van der Waals surface area contributed by atoms with Crippen LogP contribution in [-0.2, 0) is 13.1 Å². The number of amides is 1. The van der Waals surface area contributed by atoms with Crippen LogP contribution in [0.5, 0.6) is 0 Å². The lowest BCUT2D eigenvalue weighted by Crippen LogP contribution is -2.37. The molecule has 0 bridgehead atoms. The van der Waals surface area contributed by atoms with Gasteiger partial charge in [-0.15, -0.1) is 10.2 Å². The number of benzene rings is 1. The quantitative estimate of drug-likeness (QED) is 0.312. The summed E-state index contributed by atoms with van der Waals surface area (Å²) in [7, 11) is 0. The molecule has 1 amide bonds. The van der Waals surface area contributed by atoms with Gasteiger partial charge in [0.1, 0.15) is 19.0 Å². The molecule has 0 unspecified atom stereocenters. The Labute approximate surface area is 221 Å². The van der Waals surface area contributed by atoms with E-state index >= 15 is 0 Å². The number of halogens is 5. The van der Waals surface area contributed by atoms with Crippen LogP contribution in [0, 0.1) is 0 Å². The standard InChI is InChI=1S/C23H19ClF4N8O3/c24-13-3-1-12(2-4-13)20-33-35(22(39)34(20)9-18(37)23(26,27)28)10-19-30-11-36(32-19)17-8-29-6-5-14(17)21(38)31-16-7-15(16)25/h1-6,8,11,15-16,18,37H,7,9-10H2,(H,31,38)/t15-,16+,18-/m0/s1. The molecule has 2 N–H and O–H groups in total. The Morgan fingerprint density at radius 1 is 1.21 bits per heavy atom. The summed E-state index contributed by atoms with van der Waals surface area (Å²) >= 11 is 5.90. The van der Waals surface area contributed by atoms with Gasteiger partial charge < -0.3 is 10.4 Å². The smallest absolute Gasteiger partial charge is 0.382 e. The van der Waals surface area contributed by atoms with Crippen molar-refractivity contribution < 1.29 is 27.5 Å². The fraction of sp³-hybridized carbons (Fsp3) is 0.304. The van der Waals surface area contributed by atoms with Crippen LogP contribution in [0.25, 0.3) is 17.1 Å². The first-order chi connectivity index (χ1) is 18.5. The molecule has 1 fully saturated rings. The van der Waals surface area contributed by atoms with Gasteiger partial charge in [0.05, 0.1) is 30.0 Å². The molecular weight excluding hydrogens is 548 g/mol. The van der Waals surface area contributed by atoms with E-state index in [2.05, 4.69) is 25.5 Å². The first-order valence-electron chi connectivity index (χ1n) is 11.5. The second-order valence-electron chi connectivity index (χ2n) is 8.77. The fourth-order valence-electron chi connectivity index (χ4n) is 3.74. The molecule has 1 aromatic carbocycles. The molecule has 11 nitrogen and oxygen atoms in total. The Balaban J connectivity index is 1.44. The molecule has 0 saturated heterocycles. The number of aromatic nitrogens is 7. The van der Waals surface area contributed by atoms with Gasteiger partial charge in [-0.25, -0.2) is 23.5 Å². The van der Waals surface area contributed by atoms with Crippen molar-refractivity contribution >= 4 is 17.5 Å². The molecule has 1 aliphatic carbocycles. The fourth-order valence-corrected chi connectivity index (χ4v) is 3.86. The van der Waals surface area contributed by atoms with E-state index in [1.165, 1.54) is 53.7 Å². The molecule has 204 valence electrons. The molecule has 3 aromatic heterocycles. The van der Waals surface area contributed by atoms with Gasteiger partial charge in [-0.1, -0.05) is 11.6 Å². The minimum atomic E-state index is -4.96. The SMILES string of the molecule is O=C(N[C@@H]1C[C@@H]1F)c1ccncc1-n1cnc(Cn2nc(-c3ccc(Cl)cc3)n(C[C@H](O)C(F)(F)F)c2=O)n1. The van der Waals surface area contributed by atoms with E-state index in [4.69, 9.17) is 11.6 Å². The van der Waals surface area contributed by atoms with Crippen LogP contribution in [0.3, 0.4) is 0 Å². The zero-order valence-corrected chi connectivity index (χ0v) is 20.5. The van der Waals surface area contributed by atoms with E-state index in [-0.39, 0.29) is 35.9 Å². The van der Waals surface area contributed by atoms with Gasteiger partial charge in [0.15, 0.2) is 17.8 Å². The van der Waals surface area contributed by atoms with Crippen molar-refractivity contribution in [3.63, 3.8) is 0 Å². The Hall–Kier alpha value is -4.11. The molecule has 5 rings (SSSR count). The first-order valence-corrected chi connectivity index (χ1v) is 11.9. The summed E-state index contributed by atoms with van der Waals surface area (Å²) in [6.07, 6.45) is -4.63. The van der Waals surface area contributed by atoms with Crippen molar-refractivity contribution in [3.05, 3.63) is 75.9 Å². The zero-order valence-electron chi connectivity index (χ0n) is 19.8. The van der Waals surface area contributed by atoms with Gasteiger partial charge in [-0.05, 0) is 30.3 Å². The number of rotatable bonds is 8. The first kappa shape index (κ1) is 26.5. The molecular formula is C23H19ClF4N8O3. The predicted octanol–water partition coefficient (Wildman–Crippen LogP) is 2.15. The second-order valence-corrected chi connectivity index (χ2v) is 9.21. The normalized spacial score (nSPS) is 17.7. The summed E-state index contributed by atoms with van der Waals surface area (Å²) in [6, 6.07) is 6.77. The van der Waals surface area contributed by atoms with Crippen LogP contribution >= 0.6 is 11.6 Å². The van der Waals surface area contributed by atoms with Crippen molar-refractivity contribution in [3.8, 4) is 17.1 Å². The number of nitrogens with one attached hydrogen (secondary N) is 1. The van der Waals surface area contributed by atoms with E-state index < -0.39 is 42.6 Å². The number of carbonyl (C=O) groups excluding carboxylic acids is 1. The molecule has 1 saturated carbocycles. The maximum absolute atomic E-state index is 13.2. The Kier molecular flexibility index (Phi) is 6.94. The number of hydrogen-bond acceptors (Lipinski definition) is 7. The van der Waals surface area contributed by atoms with E-state index in [0.717, 1.165) is 4.68 Å². The third kappa shape index (κ3) is 5.68. The minimum Gasteiger partial charge on any atom is -0.382 e. The molecule has 4 aromatic rings. The van der Waals surface area contributed by atoms with Crippen LogP contribution in [0.1, 0.15) is 22.6 Å². The summed E-state index contributed by atoms with van der Waals surface area (Å²) in [5, 5.41) is 21.0. The van der Waals surface area contributed by atoms with Gasteiger partial charge in [0.2, 0.25) is 0 Å². The number of pyridine rings is 1. The van der Waals surface area contributed by atoms with E-state index in [1.54, 1.807) is 0 Å². The Morgan fingerprint density at radius 3 is 2.59 bits per heavy atom. The van der Waals surface area contributed by atoms with Gasteiger partial charge in [0, 0.05) is 23.2 Å². The Bertz CT molecular complexity index is 1570. The van der Waals surface area contributed by atoms with Gasteiger partial charge in [-0.3, -0.25) is 14.3 Å².